The standard InChI is InChI=1S/C10H7F2N3O/c11-6-4-14-10(15-5-6)16-9-2-1-7(13)3-8(9)12/h1-5H,13H2. The molecule has 0 fully saturated rings. The van der Waals surface area contributed by atoms with Gasteiger partial charge in [-0.25, -0.2) is 18.7 Å². The first kappa shape index (κ1) is 10.3. The van der Waals surface area contributed by atoms with E-state index in [2.05, 4.69) is 9.97 Å². The number of halogens is 2. The highest BCUT2D eigenvalue weighted by Crippen LogP contribution is 2.23. The molecule has 2 N–H and O–H groups in total. The van der Waals surface area contributed by atoms with Crippen molar-refractivity contribution in [3.63, 3.8) is 0 Å². The summed E-state index contributed by atoms with van der Waals surface area (Å²) in [5.74, 6) is -1.29. The van der Waals surface area contributed by atoms with Crippen molar-refractivity contribution in [3.05, 3.63) is 42.2 Å². The second kappa shape index (κ2) is 4.09. The van der Waals surface area contributed by atoms with Crippen LogP contribution >= 0.6 is 0 Å². The molecule has 1 aromatic carbocycles. The minimum absolute atomic E-state index is 0.0687. The molecule has 2 aromatic rings. The van der Waals surface area contributed by atoms with Crippen molar-refractivity contribution in [1.29, 1.82) is 0 Å². The topological polar surface area (TPSA) is 61.0 Å². The number of aromatic nitrogens is 2. The van der Waals surface area contributed by atoms with E-state index in [0.29, 0.717) is 0 Å². The molecule has 0 spiro atoms. The summed E-state index contributed by atoms with van der Waals surface area (Å²) in [4.78, 5) is 7.06. The molecule has 0 atom stereocenters. The monoisotopic (exact) mass is 223 g/mol. The molecule has 16 heavy (non-hydrogen) atoms. The Hall–Kier alpha value is -2.24. The van der Waals surface area contributed by atoms with E-state index in [9.17, 15) is 8.78 Å². The molecule has 4 nitrogen and oxygen atoms in total. The number of ether oxygens (including phenoxy) is 1. The van der Waals surface area contributed by atoms with E-state index in [0.717, 1.165) is 18.5 Å². The van der Waals surface area contributed by atoms with E-state index in [4.69, 9.17) is 10.5 Å². The van der Waals surface area contributed by atoms with Gasteiger partial charge < -0.3 is 10.5 Å². The number of benzene rings is 1. The Kier molecular flexibility index (Phi) is 2.63. The molecule has 0 saturated heterocycles. The van der Waals surface area contributed by atoms with E-state index >= 15 is 0 Å². The third-order valence-corrected chi connectivity index (χ3v) is 1.75. The van der Waals surface area contributed by atoms with Gasteiger partial charge in [0.25, 0.3) is 0 Å². The second-order valence-electron chi connectivity index (χ2n) is 2.98. The summed E-state index contributed by atoms with van der Waals surface area (Å²) in [6, 6.07) is 3.79. The summed E-state index contributed by atoms with van der Waals surface area (Å²) in [6.07, 6.45) is 1.86. The number of hydrogen-bond acceptors (Lipinski definition) is 4. The van der Waals surface area contributed by atoms with Gasteiger partial charge in [0.05, 0.1) is 12.4 Å². The van der Waals surface area contributed by atoms with E-state index in [1.165, 1.54) is 12.1 Å². The lowest BCUT2D eigenvalue weighted by atomic mass is 10.3. The van der Waals surface area contributed by atoms with E-state index in [1.807, 2.05) is 0 Å². The Morgan fingerprint density at radius 2 is 1.81 bits per heavy atom. The first-order valence-corrected chi connectivity index (χ1v) is 4.35. The fourth-order valence-corrected chi connectivity index (χ4v) is 1.05. The van der Waals surface area contributed by atoms with Crippen LogP contribution in [0.5, 0.6) is 11.8 Å². The number of hydrogen-bond donors (Lipinski definition) is 1. The first-order valence-electron chi connectivity index (χ1n) is 4.35. The maximum atomic E-state index is 13.3. The molecule has 0 aliphatic carbocycles. The van der Waals surface area contributed by atoms with E-state index in [1.54, 1.807) is 0 Å². The van der Waals surface area contributed by atoms with Gasteiger partial charge in [0, 0.05) is 11.8 Å². The van der Waals surface area contributed by atoms with Crippen molar-refractivity contribution >= 4 is 5.69 Å². The fourth-order valence-electron chi connectivity index (χ4n) is 1.05. The van der Waals surface area contributed by atoms with Crippen molar-refractivity contribution in [3.8, 4) is 11.8 Å². The van der Waals surface area contributed by atoms with Gasteiger partial charge in [-0.05, 0) is 12.1 Å². The van der Waals surface area contributed by atoms with E-state index in [-0.39, 0.29) is 17.4 Å². The molecule has 2 rings (SSSR count). The summed E-state index contributed by atoms with van der Waals surface area (Å²) in [5, 5.41) is 0. The molecule has 0 aliphatic heterocycles. The lowest BCUT2D eigenvalue weighted by Gasteiger charge is -2.04. The van der Waals surface area contributed by atoms with Crippen molar-refractivity contribution in [1.82, 2.24) is 9.97 Å². The van der Waals surface area contributed by atoms with Crippen LogP contribution in [0.1, 0.15) is 0 Å². The third kappa shape index (κ3) is 2.22. The van der Waals surface area contributed by atoms with Crippen molar-refractivity contribution < 1.29 is 13.5 Å². The molecule has 0 saturated carbocycles. The number of nitrogen functional groups attached to an aromatic ring is 1. The molecular formula is C10H7F2N3O. The van der Waals surface area contributed by atoms with Gasteiger partial charge >= 0.3 is 6.01 Å². The van der Waals surface area contributed by atoms with Crippen LogP contribution in [0.15, 0.2) is 30.6 Å². The highest BCUT2D eigenvalue weighted by molar-refractivity contribution is 5.43. The summed E-state index contributed by atoms with van der Waals surface area (Å²) < 4.78 is 30.8. The maximum absolute atomic E-state index is 13.3. The van der Waals surface area contributed by atoms with Gasteiger partial charge in [-0.15, -0.1) is 0 Å². The number of rotatable bonds is 2. The average Bonchev–Trinajstić information content (AvgIpc) is 2.25. The summed E-state index contributed by atoms with van der Waals surface area (Å²) >= 11 is 0. The Morgan fingerprint density at radius 3 is 2.44 bits per heavy atom. The van der Waals surface area contributed by atoms with Crippen LogP contribution in [0, 0.1) is 11.6 Å². The summed E-state index contributed by atoms with van der Waals surface area (Å²) in [7, 11) is 0. The van der Waals surface area contributed by atoms with Crippen molar-refractivity contribution in [2.45, 2.75) is 0 Å². The molecule has 0 unspecified atom stereocenters. The van der Waals surface area contributed by atoms with Gasteiger partial charge in [-0.3, -0.25) is 0 Å². The van der Waals surface area contributed by atoms with Gasteiger partial charge in [0.1, 0.15) is 0 Å². The van der Waals surface area contributed by atoms with Gasteiger partial charge in [0.2, 0.25) is 0 Å². The predicted octanol–water partition coefficient (Wildman–Crippen LogP) is 2.13. The Bertz CT molecular complexity index is 502. The minimum atomic E-state index is -0.632. The number of anilines is 1. The number of nitrogens with zero attached hydrogens (tertiary/aromatic N) is 2. The summed E-state index contributed by atoms with van der Waals surface area (Å²) in [6.45, 7) is 0. The molecule has 0 radical (unpaired) electrons. The van der Waals surface area contributed by atoms with Crippen LogP contribution in [0.2, 0.25) is 0 Å². The minimum Gasteiger partial charge on any atom is -0.421 e. The van der Waals surface area contributed by atoms with Crippen LogP contribution < -0.4 is 10.5 Å². The Morgan fingerprint density at radius 1 is 1.12 bits per heavy atom. The zero-order chi connectivity index (χ0) is 11.5. The lowest BCUT2D eigenvalue weighted by Crippen LogP contribution is -1.95. The molecule has 0 amide bonds. The first-order chi connectivity index (χ1) is 7.65. The zero-order valence-corrected chi connectivity index (χ0v) is 8.02. The highest BCUT2D eigenvalue weighted by Gasteiger charge is 2.06. The lowest BCUT2D eigenvalue weighted by molar-refractivity contribution is 0.407. The highest BCUT2D eigenvalue weighted by atomic mass is 19.1. The molecule has 0 bridgehead atoms. The number of nitrogens with two attached hydrogens (primary N) is 1. The predicted molar refractivity (Wildman–Crippen MR) is 52.9 cm³/mol. The molecule has 6 heteroatoms. The summed E-state index contributed by atoms with van der Waals surface area (Å²) in [5.41, 5.74) is 5.65. The molecule has 1 heterocycles. The molecule has 0 aliphatic rings. The SMILES string of the molecule is Nc1ccc(Oc2ncc(F)cn2)c(F)c1. The van der Waals surface area contributed by atoms with Crippen molar-refractivity contribution in [2.75, 3.05) is 5.73 Å². The van der Waals surface area contributed by atoms with Crippen LogP contribution in [0.4, 0.5) is 14.5 Å². The quantitative estimate of drug-likeness (QED) is 0.792. The Labute approximate surface area is 89.7 Å². The van der Waals surface area contributed by atoms with Crippen LogP contribution in [0.3, 0.4) is 0 Å². The molecule has 1 aromatic heterocycles. The van der Waals surface area contributed by atoms with E-state index < -0.39 is 11.6 Å². The fraction of sp³-hybridized carbons (Fsp3) is 0. The average molecular weight is 223 g/mol. The second-order valence-corrected chi connectivity index (χ2v) is 2.98. The zero-order valence-electron chi connectivity index (χ0n) is 8.02. The van der Waals surface area contributed by atoms with Gasteiger partial charge in [-0.2, -0.15) is 0 Å². The van der Waals surface area contributed by atoms with Crippen LogP contribution in [-0.2, 0) is 0 Å². The smallest absolute Gasteiger partial charge is 0.322 e. The molecule has 82 valence electrons. The van der Waals surface area contributed by atoms with Crippen LogP contribution in [-0.4, -0.2) is 9.97 Å². The van der Waals surface area contributed by atoms with Gasteiger partial charge in [0.15, 0.2) is 17.4 Å². The normalized spacial score (nSPS) is 10.1. The molecular weight excluding hydrogens is 216 g/mol. The maximum Gasteiger partial charge on any atom is 0.322 e. The third-order valence-electron chi connectivity index (χ3n) is 1.75. The Balaban J connectivity index is 2.23. The van der Waals surface area contributed by atoms with Crippen LogP contribution in [0.25, 0.3) is 0 Å². The van der Waals surface area contributed by atoms with Crippen molar-refractivity contribution in [2.24, 2.45) is 0 Å². The van der Waals surface area contributed by atoms with Gasteiger partial charge in [-0.1, -0.05) is 0 Å². The largest absolute Gasteiger partial charge is 0.421 e.